The second kappa shape index (κ2) is 5.32. The van der Waals surface area contributed by atoms with Crippen LogP contribution in [0.4, 0.5) is 0 Å². The van der Waals surface area contributed by atoms with Crippen LogP contribution in [-0.4, -0.2) is 21.2 Å². The average Bonchev–Trinajstić information content (AvgIpc) is 2.42. The number of hydrogen-bond acceptors (Lipinski definition) is 4. The molecule has 0 aliphatic carbocycles. The van der Waals surface area contributed by atoms with Gasteiger partial charge in [-0.25, -0.2) is 4.79 Å². The maximum Gasteiger partial charge on any atom is 0.331 e. The van der Waals surface area contributed by atoms with Gasteiger partial charge in [-0.1, -0.05) is 0 Å². The zero-order chi connectivity index (χ0) is 14.9. The quantitative estimate of drug-likeness (QED) is 0.823. The van der Waals surface area contributed by atoms with Crippen molar-refractivity contribution in [3.63, 3.8) is 0 Å². The third-order valence-corrected chi connectivity index (χ3v) is 3.30. The lowest BCUT2D eigenvalue weighted by molar-refractivity contribution is 0.406. The monoisotopic (exact) mass is 275 g/mol. The molecule has 2 aromatic rings. The van der Waals surface area contributed by atoms with Crippen molar-refractivity contribution in [2.75, 3.05) is 7.11 Å². The first-order valence-electron chi connectivity index (χ1n) is 6.21. The van der Waals surface area contributed by atoms with E-state index in [1.807, 2.05) is 13.8 Å². The molecule has 0 bridgehead atoms. The van der Waals surface area contributed by atoms with E-state index >= 15 is 0 Å². The fourth-order valence-corrected chi connectivity index (χ4v) is 2.14. The fraction of sp³-hybridized carbons (Fsp3) is 0.357. The molecule has 0 aliphatic rings. The molecule has 0 aliphatic heterocycles. The van der Waals surface area contributed by atoms with E-state index in [1.54, 1.807) is 20.4 Å². The number of aryl methyl sites for hydroxylation is 2. The maximum atomic E-state index is 12.0. The molecule has 0 amide bonds. The van der Waals surface area contributed by atoms with Crippen LogP contribution in [0.5, 0.6) is 5.75 Å². The fourth-order valence-electron chi connectivity index (χ4n) is 2.14. The van der Waals surface area contributed by atoms with E-state index in [2.05, 4.69) is 4.98 Å². The smallest absolute Gasteiger partial charge is 0.331 e. The first-order chi connectivity index (χ1) is 9.45. The molecule has 6 nitrogen and oxygen atoms in total. The molecule has 0 saturated heterocycles. The van der Waals surface area contributed by atoms with Crippen LogP contribution in [0.3, 0.4) is 0 Å². The van der Waals surface area contributed by atoms with Crippen molar-refractivity contribution in [2.45, 2.75) is 20.4 Å². The highest BCUT2D eigenvalue weighted by molar-refractivity contribution is 5.41. The second-order valence-electron chi connectivity index (χ2n) is 4.68. The van der Waals surface area contributed by atoms with E-state index in [9.17, 15) is 9.59 Å². The summed E-state index contributed by atoms with van der Waals surface area (Å²) in [4.78, 5) is 28.1. The molecule has 20 heavy (non-hydrogen) atoms. The molecule has 0 fully saturated rings. The highest BCUT2D eigenvalue weighted by atomic mass is 16.5. The molecular formula is C14H17N3O3. The van der Waals surface area contributed by atoms with Crippen LogP contribution in [0, 0.1) is 13.8 Å². The predicted molar refractivity (Wildman–Crippen MR) is 75.3 cm³/mol. The lowest BCUT2D eigenvalue weighted by atomic mass is 10.1. The topological polar surface area (TPSA) is 66.1 Å². The van der Waals surface area contributed by atoms with E-state index in [0.717, 1.165) is 21.4 Å². The number of hydrogen-bond donors (Lipinski definition) is 0. The van der Waals surface area contributed by atoms with Gasteiger partial charge in [0.05, 0.1) is 19.3 Å². The number of methoxy groups -OCH3 is 1. The van der Waals surface area contributed by atoms with Gasteiger partial charge >= 0.3 is 5.69 Å². The summed E-state index contributed by atoms with van der Waals surface area (Å²) in [5.74, 6) is 0.732. The number of ether oxygens (including phenoxy) is 1. The number of pyridine rings is 1. The van der Waals surface area contributed by atoms with Gasteiger partial charge in [0.25, 0.3) is 5.56 Å². The zero-order valence-corrected chi connectivity index (χ0v) is 12.0. The summed E-state index contributed by atoms with van der Waals surface area (Å²) in [5, 5.41) is 0. The van der Waals surface area contributed by atoms with Crippen LogP contribution in [0.25, 0.3) is 0 Å². The number of nitrogens with zero attached hydrogens (tertiary/aromatic N) is 3. The van der Waals surface area contributed by atoms with Crippen LogP contribution in [-0.2, 0) is 13.6 Å². The predicted octanol–water partition coefficient (Wildman–Crippen LogP) is 0.616. The van der Waals surface area contributed by atoms with E-state index in [-0.39, 0.29) is 17.8 Å². The third kappa shape index (κ3) is 2.36. The summed E-state index contributed by atoms with van der Waals surface area (Å²) in [6, 6.07) is 1.36. The molecule has 0 atom stereocenters. The molecule has 0 spiro atoms. The summed E-state index contributed by atoms with van der Waals surface area (Å²) in [5.41, 5.74) is 1.71. The van der Waals surface area contributed by atoms with Gasteiger partial charge in [0.15, 0.2) is 0 Å². The first-order valence-corrected chi connectivity index (χ1v) is 6.21. The Morgan fingerprint density at radius 1 is 1.30 bits per heavy atom. The molecule has 2 aromatic heterocycles. The van der Waals surface area contributed by atoms with Crippen molar-refractivity contribution in [3.8, 4) is 5.75 Å². The molecule has 6 heteroatoms. The summed E-state index contributed by atoms with van der Waals surface area (Å²) < 4.78 is 7.85. The van der Waals surface area contributed by atoms with Gasteiger partial charge in [-0.2, -0.15) is 0 Å². The standard InChI is InChI=1S/C14H17N3O3/c1-9-7-15-11(10(2)13(9)20-4)8-17-12(18)5-6-16(3)14(17)19/h5-7H,8H2,1-4H3. The van der Waals surface area contributed by atoms with Gasteiger partial charge < -0.3 is 9.30 Å². The Kier molecular flexibility index (Phi) is 3.74. The Hall–Kier alpha value is -2.37. The molecular weight excluding hydrogens is 258 g/mol. The van der Waals surface area contributed by atoms with E-state index < -0.39 is 0 Å². The van der Waals surface area contributed by atoms with Crippen LogP contribution < -0.4 is 16.0 Å². The van der Waals surface area contributed by atoms with Crippen molar-refractivity contribution >= 4 is 0 Å². The normalized spacial score (nSPS) is 10.6. The van der Waals surface area contributed by atoms with Gasteiger partial charge in [0.1, 0.15) is 5.75 Å². The number of rotatable bonds is 3. The Labute approximate surface area is 116 Å². The molecule has 106 valence electrons. The Balaban J connectivity index is 2.54. The van der Waals surface area contributed by atoms with Gasteiger partial charge in [-0.15, -0.1) is 0 Å². The molecule has 0 saturated carbocycles. The van der Waals surface area contributed by atoms with Gasteiger partial charge in [-0.05, 0) is 13.8 Å². The van der Waals surface area contributed by atoms with Gasteiger partial charge in [0, 0.05) is 36.6 Å². The lowest BCUT2D eigenvalue weighted by Crippen LogP contribution is -2.38. The summed E-state index contributed by atoms with van der Waals surface area (Å²) in [7, 11) is 3.20. The highest BCUT2D eigenvalue weighted by Gasteiger charge is 2.12. The minimum atomic E-state index is -0.363. The Bertz CT molecular complexity index is 759. The number of aromatic nitrogens is 3. The Morgan fingerprint density at radius 3 is 2.65 bits per heavy atom. The van der Waals surface area contributed by atoms with Crippen LogP contribution in [0.1, 0.15) is 16.8 Å². The molecule has 2 rings (SSSR count). The van der Waals surface area contributed by atoms with E-state index in [0.29, 0.717) is 5.69 Å². The van der Waals surface area contributed by atoms with Crippen molar-refractivity contribution in [1.29, 1.82) is 0 Å². The zero-order valence-electron chi connectivity index (χ0n) is 12.0. The Morgan fingerprint density at radius 2 is 2.00 bits per heavy atom. The van der Waals surface area contributed by atoms with Crippen molar-refractivity contribution < 1.29 is 4.74 Å². The van der Waals surface area contributed by atoms with E-state index in [1.165, 1.54) is 16.8 Å². The second-order valence-corrected chi connectivity index (χ2v) is 4.68. The molecule has 0 aromatic carbocycles. The summed E-state index contributed by atoms with van der Waals surface area (Å²) >= 11 is 0. The van der Waals surface area contributed by atoms with Crippen LogP contribution >= 0.6 is 0 Å². The average molecular weight is 275 g/mol. The molecule has 0 N–H and O–H groups in total. The molecule has 0 radical (unpaired) electrons. The SMILES string of the molecule is COc1c(C)cnc(Cn2c(=O)ccn(C)c2=O)c1C. The molecule has 0 unspecified atom stereocenters. The van der Waals surface area contributed by atoms with Gasteiger partial charge in [-0.3, -0.25) is 14.3 Å². The minimum Gasteiger partial charge on any atom is -0.496 e. The minimum absolute atomic E-state index is 0.134. The lowest BCUT2D eigenvalue weighted by Gasteiger charge is -2.13. The first kappa shape index (κ1) is 14.0. The van der Waals surface area contributed by atoms with Crippen molar-refractivity contribution in [2.24, 2.45) is 7.05 Å². The van der Waals surface area contributed by atoms with Crippen LogP contribution in [0.2, 0.25) is 0 Å². The van der Waals surface area contributed by atoms with Crippen molar-refractivity contribution in [1.82, 2.24) is 14.1 Å². The van der Waals surface area contributed by atoms with E-state index in [4.69, 9.17) is 4.74 Å². The third-order valence-electron chi connectivity index (χ3n) is 3.30. The highest BCUT2D eigenvalue weighted by Crippen LogP contribution is 2.23. The summed E-state index contributed by atoms with van der Waals surface area (Å²) in [6.07, 6.45) is 3.14. The molecule has 2 heterocycles. The largest absolute Gasteiger partial charge is 0.496 e. The summed E-state index contributed by atoms with van der Waals surface area (Å²) in [6.45, 7) is 3.90. The maximum absolute atomic E-state index is 12.0. The van der Waals surface area contributed by atoms with Gasteiger partial charge in [0.2, 0.25) is 0 Å². The van der Waals surface area contributed by atoms with Crippen molar-refractivity contribution in [3.05, 3.63) is 56.1 Å². The van der Waals surface area contributed by atoms with Crippen LogP contribution in [0.15, 0.2) is 28.0 Å².